The molecule has 0 aliphatic heterocycles. The lowest BCUT2D eigenvalue weighted by Gasteiger charge is -2.06. The lowest BCUT2D eigenvalue weighted by molar-refractivity contribution is 0.0691. The molecule has 1 heterocycles. The average Bonchev–Trinajstić information content (AvgIpc) is 2.67. The summed E-state index contributed by atoms with van der Waals surface area (Å²) in [6, 6.07) is 6.07. The van der Waals surface area contributed by atoms with Crippen LogP contribution >= 0.6 is 11.8 Å². The Morgan fingerprint density at radius 1 is 1.44 bits per heavy atom. The van der Waals surface area contributed by atoms with E-state index >= 15 is 0 Å². The van der Waals surface area contributed by atoms with E-state index in [4.69, 9.17) is 5.11 Å². The van der Waals surface area contributed by atoms with Crippen molar-refractivity contribution in [2.75, 3.05) is 6.26 Å². The number of carboxylic acid groups (broad SMARTS) is 1. The van der Waals surface area contributed by atoms with Crippen LogP contribution in [0.3, 0.4) is 0 Å². The predicted molar refractivity (Wildman–Crippen MR) is 67.3 cm³/mol. The molecule has 1 aromatic heterocycles. The van der Waals surface area contributed by atoms with Crippen molar-refractivity contribution in [3.8, 4) is 11.3 Å². The van der Waals surface area contributed by atoms with Gasteiger partial charge in [-0.05, 0) is 18.4 Å². The van der Waals surface area contributed by atoms with E-state index in [0.717, 1.165) is 0 Å². The monoisotopic (exact) mass is 266 g/mol. The topological polar surface area (TPSA) is 55.1 Å². The Hall–Kier alpha value is -1.82. The molecule has 94 valence electrons. The Balaban J connectivity index is 2.74. The molecule has 4 nitrogen and oxygen atoms in total. The van der Waals surface area contributed by atoms with E-state index in [0.29, 0.717) is 5.16 Å². The average molecular weight is 266 g/mol. The van der Waals surface area contributed by atoms with Crippen molar-refractivity contribution >= 4 is 17.7 Å². The number of aromatic nitrogens is 2. The molecule has 2 rings (SSSR count). The highest BCUT2D eigenvalue weighted by Crippen LogP contribution is 2.29. The molecular weight excluding hydrogens is 255 g/mol. The summed E-state index contributed by atoms with van der Waals surface area (Å²) < 4.78 is 15.4. The lowest BCUT2D eigenvalue weighted by atomic mass is 10.1. The standard InChI is InChI=1S/C12H11FN2O2S/c1-15-10(7-5-3-4-6-8(7)13)9(11(16)17)14-12(15)18-2/h3-6H,1-2H3,(H,16,17). The molecule has 0 aliphatic rings. The SMILES string of the molecule is CSc1nc(C(=O)O)c(-c2ccccc2F)n1C. The van der Waals surface area contributed by atoms with Crippen molar-refractivity contribution in [1.82, 2.24) is 9.55 Å². The van der Waals surface area contributed by atoms with Crippen molar-refractivity contribution in [3.05, 3.63) is 35.8 Å². The van der Waals surface area contributed by atoms with Gasteiger partial charge in [-0.1, -0.05) is 23.9 Å². The van der Waals surface area contributed by atoms with Crippen LogP contribution in [0.1, 0.15) is 10.5 Å². The van der Waals surface area contributed by atoms with E-state index in [9.17, 15) is 9.18 Å². The smallest absolute Gasteiger partial charge is 0.356 e. The Kier molecular flexibility index (Phi) is 3.38. The Bertz CT molecular complexity index is 610. The first-order chi connectivity index (χ1) is 8.56. The summed E-state index contributed by atoms with van der Waals surface area (Å²) in [4.78, 5) is 15.2. The summed E-state index contributed by atoms with van der Waals surface area (Å²) in [6.07, 6.45) is 1.79. The maximum Gasteiger partial charge on any atom is 0.356 e. The number of nitrogens with zero attached hydrogens (tertiary/aromatic N) is 2. The van der Waals surface area contributed by atoms with E-state index < -0.39 is 11.8 Å². The molecule has 1 aromatic carbocycles. The van der Waals surface area contributed by atoms with Gasteiger partial charge >= 0.3 is 5.97 Å². The summed E-state index contributed by atoms with van der Waals surface area (Å²) in [5.74, 6) is -1.63. The van der Waals surface area contributed by atoms with Crippen molar-refractivity contribution in [1.29, 1.82) is 0 Å². The minimum absolute atomic E-state index is 0.132. The number of imidazole rings is 1. The van der Waals surface area contributed by atoms with E-state index in [2.05, 4.69) is 4.98 Å². The molecule has 1 N–H and O–H groups in total. The maximum absolute atomic E-state index is 13.8. The van der Waals surface area contributed by atoms with Crippen LogP contribution in [0.25, 0.3) is 11.3 Å². The highest BCUT2D eigenvalue weighted by Gasteiger charge is 2.22. The fourth-order valence-electron chi connectivity index (χ4n) is 1.77. The Morgan fingerprint density at radius 3 is 2.67 bits per heavy atom. The quantitative estimate of drug-likeness (QED) is 0.868. The number of hydrogen-bond acceptors (Lipinski definition) is 3. The van der Waals surface area contributed by atoms with E-state index in [1.807, 2.05) is 0 Å². The van der Waals surface area contributed by atoms with Gasteiger partial charge in [0, 0.05) is 12.6 Å². The zero-order chi connectivity index (χ0) is 13.3. The minimum atomic E-state index is -1.16. The fourth-order valence-corrected chi connectivity index (χ4v) is 2.32. The first-order valence-corrected chi connectivity index (χ1v) is 6.37. The number of rotatable bonds is 3. The van der Waals surface area contributed by atoms with Crippen molar-refractivity contribution in [2.45, 2.75) is 5.16 Å². The molecule has 0 aliphatic carbocycles. The highest BCUT2D eigenvalue weighted by molar-refractivity contribution is 7.98. The van der Waals surface area contributed by atoms with E-state index in [1.54, 1.807) is 36.1 Å². The second-order valence-corrected chi connectivity index (χ2v) is 4.41. The Labute approximate surface area is 107 Å². The highest BCUT2D eigenvalue weighted by atomic mass is 32.2. The number of hydrogen-bond donors (Lipinski definition) is 1. The van der Waals surface area contributed by atoms with Crippen LogP contribution in [0.15, 0.2) is 29.4 Å². The van der Waals surface area contributed by atoms with Crippen LogP contribution in [0.4, 0.5) is 4.39 Å². The summed E-state index contributed by atoms with van der Waals surface area (Å²) in [6.45, 7) is 0. The van der Waals surface area contributed by atoms with Gasteiger partial charge in [0.2, 0.25) is 0 Å². The molecule has 0 spiro atoms. The zero-order valence-corrected chi connectivity index (χ0v) is 10.7. The van der Waals surface area contributed by atoms with Crippen LogP contribution in [0.2, 0.25) is 0 Å². The number of aromatic carboxylic acids is 1. The molecule has 0 bridgehead atoms. The second kappa shape index (κ2) is 4.81. The number of carbonyl (C=O) groups is 1. The third-order valence-corrected chi connectivity index (χ3v) is 3.30. The number of benzene rings is 1. The van der Waals surface area contributed by atoms with E-state index in [1.165, 1.54) is 17.8 Å². The number of thioether (sulfide) groups is 1. The maximum atomic E-state index is 13.8. The fraction of sp³-hybridized carbons (Fsp3) is 0.167. The molecular formula is C12H11FN2O2S. The van der Waals surface area contributed by atoms with Gasteiger partial charge in [0.15, 0.2) is 10.9 Å². The second-order valence-electron chi connectivity index (χ2n) is 3.64. The first-order valence-electron chi connectivity index (χ1n) is 5.15. The van der Waals surface area contributed by atoms with Gasteiger partial charge in [0.05, 0.1) is 5.69 Å². The molecule has 0 saturated carbocycles. The van der Waals surface area contributed by atoms with Crippen LogP contribution in [0.5, 0.6) is 0 Å². The molecule has 0 amide bonds. The van der Waals surface area contributed by atoms with Gasteiger partial charge in [-0.3, -0.25) is 0 Å². The van der Waals surface area contributed by atoms with Gasteiger partial charge < -0.3 is 9.67 Å². The zero-order valence-electron chi connectivity index (χ0n) is 9.85. The third-order valence-electron chi connectivity index (χ3n) is 2.57. The summed E-state index contributed by atoms with van der Waals surface area (Å²) in [5.41, 5.74) is 0.391. The van der Waals surface area contributed by atoms with Crippen LogP contribution < -0.4 is 0 Å². The molecule has 0 fully saturated rings. The molecule has 2 aromatic rings. The Morgan fingerprint density at radius 2 is 2.11 bits per heavy atom. The third kappa shape index (κ3) is 1.99. The molecule has 0 unspecified atom stereocenters. The first kappa shape index (κ1) is 12.6. The van der Waals surface area contributed by atoms with Gasteiger partial charge in [0.1, 0.15) is 5.82 Å². The van der Waals surface area contributed by atoms with E-state index in [-0.39, 0.29) is 17.0 Å². The lowest BCUT2D eigenvalue weighted by Crippen LogP contribution is -2.02. The van der Waals surface area contributed by atoms with Gasteiger partial charge in [-0.2, -0.15) is 0 Å². The largest absolute Gasteiger partial charge is 0.476 e. The molecule has 18 heavy (non-hydrogen) atoms. The predicted octanol–water partition coefficient (Wildman–Crippen LogP) is 2.65. The van der Waals surface area contributed by atoms with Crippen LogP contribution in [0, 0.1) is 5.82 Å². The normalized spacial score (nSPS) is 10.6. The molecule has 0 radical (unpaired) electrons. The van der Waals surface area contributed by atoms with Crippen molar-refractivity contribution in [2.24, 2.45) is 7.05 Å². The van der Waals surface area contributed by atoms with Crippen molar-refractivity contribution in [3.63, 3.8) is 0 Å². The summed E-state index contributed by atoms with van der Waals surface area (Å²) >= 11 is 1.31. The van der Waals surface area contributed by atoms with Crippen LogP contribution in [-0.2, 0) is 7.05 Å². The van der Waals surface area contributed by atoms with Gasteiger partial charge in [-0.15, -0.1) is 0 Å². The van der Waals surface area contributed by atoms with Gasteiger partial charge in [0.25, 0.3) is 0 Å². The summed E-state index contributed by atoms with van der Waals surface area (Å²) in [7, 11) is 1.67. The summed E-state index contributed by atoms with van der Waals surface area (Å²) in [5, 5.41) is 9.68. The molecule has 0 saturated heterocycles. The minimum Gasteiger partial charge on any atom is -0.476 e. The molecule has 0 atom stereocenters. The number of carboxylic acids is 1. The van der Waals surface area contributed by atoms with Gasteiger partial charge in [-0.25, -0.2) is 14.2 Å². The van der Waals surface area contributed by atoms with Crippen LogP contribution in [-0.4, -0.2) is 26.9 Å². The number of halogens is 1. The van der Waals surface area contributed by atoms with Crippen molar-refractivity contribution < 1.29 is 14.3 Å². The molecule has 6 heteroatoms.